The Bertz CT molecular complexity index is 905. The van der Waals surface area contributed by atoms with Gasteiger partial charge < -0.3 is 14.2 Å². The molecule has 2 atom stereocenters. The summed E-state index contributed by atoms with van der Waals surface area (Å²) in [6, 6.07) is 0. The molecule has 0 saturated carbocycles. The number of rotatable bonds is 49. The van der Waals surface area contributed by atoms with Crippen molar-refractivity contribution in [1.29, 1.82) is 0 Å². The first kappa shape index (κ1) is 58.4. The van der Waals surface area contributed by atoms with Gasteiger partial charge in [-0.2, -0.15) is 0 Å². The van der Waals surface area contributed by atoms with E-state index >= 15 is 0 Å². The first-order chi connectivity index (χ1) is 29.4. The summed E-state index contributed by atoms with van der Waals surface area (Å²) in [6.07, 6.45) is 50.7. The Labute approximate surface area is 374 Å². The van der Waals surface area contributed by atoms with Crippen LogP contribution in [0.2, 0.25) is 0 Å². The molecule has 6 heteroatoms. The third-order valence-electron chi connectivity index (χ3n) is 12.7. The Morgan fingerprint density at radius 3 is 0.867 bits per heavy atom. The maximum absolute atomic E-state index is 12.8. The summed E-state index contributed by atoms with van der Waals surface area (Å²) in [5, 5.41) is 0. The van der Waals surface area contributed by atoms with Gasteiger partial charge in [0.25, 0.3) is 0 Å². The minimum Gasteiger partial charge on any atom is -0.462 e. The molecule has 0 aromatic carbocycles. The molecule has 0 aliphatic heterocycles. The van der Waals surface area contributed by atoms with Crippen molar-refractivity contribution in [1.82, 2.24) is 0 Å². The lowest BCUT2D eigenvalue weighted by Gasteiger charge is -2.18. The lowest BCUT2D eigenvalue weighted by molar-refractivity contribution is -0.167. The van der Waals surface area contributed by atoms with E-state index in [1.165, 1.54) is 199 Å². The molecule has 0 aromatic heterocycles. The van der Waals surface area contributed by atoms with E-state index in [2.05, 4.69) is 27.7 Å². The van der Waals surface area contributed by atoms with E-state index in [4.69, 9.17) is 14.2 Å². The van der Waals surface area contributed by atoms with Crippen molar-refractivity contribution in [3.8, 4) is 0 Å². The van der Waals surface area contributed by atoms with E-state index < -0.39 is 6.10 Å². The van der Waals surface area contributed by atoms with Gasteiger partial charge >= 0.3 is 17.9 Å². The molecule has 356 valence electrons. The summed E-state index contributed by atoms with van der Waals surface area (Å²) in [6.45, 7) is 9.06. The SMILES string of the molecule is CCCCCCCCCCCCCCCCC(=O)OC[C@@H](COC(=O)CCCCCCCCCCCCC(C)CC)OC(=O)CCCCCCCCCCCCCCCC. The standard InChI is InChI=1S/C54H104O6/c1-5-8-10-12-14-16-18-20-22-24-29-33-37-41-45-52(55)58-48-51(60-54(57)47-43-39-35-31-25-23-21-19-17-15-13-11-9-6-2)49-59-53(56)46-42-38-34-30-27-26-28-32-36-40-44-50(4)7-3/h50-51H,5-49H2,1-4H3/t50?,51-/m0/s1. The van der Waals surface area contributed by atoms with E-state index in [9.17, 15) is 14.4 Å². The summed E-state index contributed by atoms with van der Waals surface area (Å²) in [7, 11) is 0. The van der Waals surface area contributed by atoms with Crippen LogP contribution in [0, 0.1) is 5.92 Å². The van der Waals surface area contributed by atoms with Crippen LogP contribution in [0.5, 0.6) is 0 Å². The second kappa shape index (κ2) is 48.4. The molecule has 0 fully saturated rings. The monoisotopic (exact) mass is 849 g/mol. The summed E-state index contributed by atoms with van der Waals surface area (Å²) in [4.78, 5) is 38.0. The van der Waals surface area contributed by atoms with Crippen molar-refractivity contribution in [2.24, 2.45) is 5.92 Å². The van der Waals surface area contributed by atoms with Crippen LogP contribution in [-0.4, -0.2) is 37.2 Å². The van der Waals surface area contributed by atoms with Gasteiger partial charge in [-0.3, -0.25) is 14.4 Å². The van der Waals surface area contributed by atoms with E-state index in [-0.39, 0.29) is 31.1 Å². The molecular formula is C54H104O6. The van der Waals surface area contributed by atoms with Gasteiger partial charge in [-0.1, -0.05) is 265 Å². The summed E-state index contributed by atoms with van der Waals surface area (Å²) in [5.41, 5.74) is 0. The van der Waals surface area contributed by atoms with Crippen molar-refractivity contribution < 1.29 is 28.6 Å². The van der Waals surface area contributed by atoms with Gasteiger partial charge in [-0.15, -0.1) is 0 Å². The normalized spacial score (nSPS) is 12.4. The molecule has 0 aliphatic carbocycles. The fourth-order valence-corrected chi connectivity index (χ4v) is 8.19. The first-order valence-electron chi connectivity index (χ1n) is 26.9. The van der Waals surface area contributed by atoms with Crippen molar-refractivity contribution in [2.75, 3.05) is 13.2 Å². The fraction of sp³-hybridized carbons (Fsp3) is 0.944. The van der Waals surface area contributed by atoms with Crippen LogP contribution >= 0.6 is 0 Å². The third-order valence-corrected chi connectivity index (χ3v) is 12.7. The molecule has 60 heavy (non-hydrogen) atoms. The molecule has 1 unspecified atom stereocenters. The molecule has 0 aromatic rings. The maximum atomic E-state index is 12.8. The molecule has 0 heterocycles. The Morgan fingerprint density at radius 2 is 0.583 bits per heavy atom. The first-order valence-corrected chi connectivity index (χ1v) is 26.9. The second-order valence-electron chi connectivity index (χ2n) is 18.8. The van der Waals surface area contributed by atoms with Gasteiger partial charge in [-0.05, 0) is 25.2 Å². The summed E-state index contributed by atoms with van der Waals surface area (Å²) in [5.74, 6) is 0.0287. The number of unbranched alkanes of at least 4 members (excludes halogenated alkanes) is 35. The number of hydrogen-bond donors (Lipinski definition) is 0. The minimum absolute atomic E-state index is 0.0624. The van der Waals surface area contributed by atoms with E-state index in [1.807, 2.05) is 0 Å². The Morgan fingerprint density at radius 1 is 0.333 bits per heavy atom. The zero-order valence-electron chi connectivity index (χ0n) is 40.9. The van der Waals surface area contributed by atoms with Crippen LogP contribution in [0.25, 0.3) is 0 Å². The molecule has 0 saturated heterocycles. The molecule has 0 rings (SSSR count). The van der Waals surface area contributed by atoms with E-state index in [0.29, 0.717) is 19.3 Å². The van der Waals surface area contributed by atoms with Crippen LogP contribution in [0.4, 0.5) is 0 Å². The fourth-order valence-electron chi connectivity index (χ4n) is 8.19. The lowest BCUT2D eigenvalue weighted by atomic mass is 9.99. The largest absolute Gasteiger partial charge is 0.462 e. The highest BCUT2D eigenvalue weighted by Crippen LogP contribution is 2.18. The van der Waals surface area contributed by atoms with Crippen LogP contribution in [0.1, 0.15) is 304 Å². The van der Waals surface area contributed by atoms with Crippen molar-refractivity contribution in [3.05, 3.63) is 0 Å². The van der Waals surface area contributed by atoms with Gasteiger partial charge in [-0.25, -0.2) is 0 Å². The van der Waals surface area contributed by atoms with Gasteiger partial charge in [0.05, 0.1) is 0 Å². The molecule has 0 radical (unpaired) electrons. The van der Waals surface area contributed by atoms with Crippen molar-refractivity contribution >= 4 is 17.9 Å². The molecule has 0 spiro atoms. The van der Waals surface area contributed by atoms with E-state index in [0.717, 1.165) is 63.7 Å². The minimum atomic E-state index is -0.761. The van der Waals surface area contributed by atoms with Crippen LogP contribution in [0.15, 0.2) is 0 Å². The van der Waals surface area contributed by atoms with Crippen LogP contribution in [0.3, 0.4) is 0 Å². The van der Waals surface area contributed by atoms with Gasteiger partial charge in [0.15, 0.2) is 6.10 Å². The zero-order valence-corrected chi connectivity index (χ0v) is 40.9. The molecule has 0 amide bonds. The topological polar surface area (TPSA) is 78.9 Å². The molecule has 6 nitrogen and oxygen atoms in total. The van der Waals surface area contributed by atoms with Crippen LogP contribution < -0.4 is 0 Å². The van der Waals surface area contributed by atoms with Crippen molar-refractivity contribution in [3.63, 3.8) is 0 Å². The molecule has 0 aliphatic rings. The Balaban J connectivity index is 4.32. The molecular weight excluding hydrogens is 745 g/mol. The quantitative estimate of drug-likeness (QED) is 0.0345. The van der Waals surface area contributed by atoms with Gasteiger partial charge in [0.1, 0.15) is 13.2 Å². The highest BCUT2D eigenvalue weighted by molar-refractivity contribution is 5.71. The average Bonchev–Trinajstić information content (AvgIpc) is 3.25. The number of ether oxygens (including phenoxy) is 3. The van der Waals surface area contributed by atoms with E-state index in [1.54, 1.807) is 0 Å². The smallest absolute Gasteiger partial charge is 0.306 e. The number of carbonyl (C=O) groups is 3. The Kier molecular flexibility index (Phi) is 47.2. The summed E-state index contributed by atoms with van der Waals surface area (Å²) >= 11 is 0. The highest BCUT2D eigenvalue weighted by atomic mass is 16.6. The lowest BCUT2D eigenvalue weighted by Crippen LogP contribution is -2.30. The van der Waals surface area contributed by atoms with Gasteiger partial charge in [0, 0.05) is 19.3 Å². The second-order valence-corrected chi connectivity index (χ2v) is 18.8. The van der Waals surface area contributed by atoms with Crippen LogP contribution in [-0.2, 0) is 28.6 Å². The third kappa shape index (κ3) is 45.9. The summed E-state index contributed by atoms with van der Waals surface area (Å²) < 4.78 is 16.8. The average molecular weight is 849 g/mol. The van der Waals surface area contributed by atoms with Crippen molar-refractivity contribution in [2.45, 2.75) is 310 Å². The predicted octanol–water partition coefficient (Wildman–Crippen LogP) is 17.5. The molecule has 0 N–H and O–H groups in total. The number of esters is 3. The Hall–Kier alpha value is -1.59. The maximum Gasteiger partial charge on any atom is 0.306 e. The molecule has 0 bridgehead atoms. The predicted molar refractivity (Wildman–Crippen MR) is 257 cm³/mol. The van der Waals surface area contributed by atoms with Gasteiger partial charge in [0.2, 0.25) is 0 Å². The zero-order chi connectivity index (χ0) is 43.8. The number of hydrogen-bond acceptors (Lipinski definition) is 6. The highest BCUT2D eigenvalue weighted by Gasteiger charge is 2.19. The number of carbonyl (C=O) groups excluding carboxylic acids is 3.